The van der Waals surface area contributed by atoms with E-state index < -0.39 is 15.8 Å². The van der Waals surface area contributed by atoms with Gasteiger partial charge in [-0.1, -0.05) is 0 Å². The summed E-state index contributed by atoms with van der Waals surface area (Å²) in [4.78, 5) is 8.98. The van der Waals surface area contributed by atoms with Crippen molar-refractivity contribution in [2.45, 2.75) is 31.1 Å². The van der Waals surface area contributed by atoms with Crippen molar-refractivity contribution in [3.8, 4) is 0 Å². The normalized spacial score (nSPS) is 19.2. The molecule has 0 spiro atoms. The van der Waals surface area contributed by atoms with E-state index in [-0.39, 0.29) is 10.8 Å². The van der Waals surface area contributed by atoms with E-state index in [0.717, 1.165) is 23.5 Å². The molecule has 2 heterocycles. The molecule has 1 aliphatic heterocycles. The third-order valence-corrected chi connectivity index (χ3v) is 5.85. The maximum atomic E-state index is 13.0. The van der Waals surface area contributed by atoms with Crippen LogP contribution in [0.3, 0.4) is 0 Å². The van der Waals surface area contributed by atoms with Crippen LogP contribution in [0, 0.1) is 19.7 Å². The number of sulfonamides is 1. The lowest BCUT2D eigenvalue weighted by Crippen LogP contribution is -2.28. The predicted octanol–water partition coefficient (Wildman–Crippen LogP) is 2.41. The van der Waals surface area contributed by atoms with E-state index in [1.54, 1.807) is 0 Å². The van der Waals surface area contributed by atoms with E-state index in [1.807, 2.05) is 19.9 Å². The maximum absolute atomic E-state index is 13.0. The van der Waals surface area contributed by atoms with Gasteiger partial charge in [0.15, 0.2) is 0 Å². The minimum absolute atomic E-state index is 0.0103. The van der Waals surface area contributed by atoms with Crippen molar-refractivity contribution in [1.82, 2.24) is 14.3 Å². The van der Waals surface area contributed by atoms with E-state index >= 15 is 0 Å². The lowest BCUT2D eigenvalue weighted by molar-refractivity contribution is 0.470. The number of rotatable bonds is 3. The van der Waals surface area contributed by atoms with Crippen LogP contribution in [0.1, 0.15) is 29.6 Å². The number of hydrogen-bond acceptors (Lipinski definition) is 4. The first-order chi connectivity index (χ1) is 10.9. The second-order valence-electron chi connectivity index (χ2n) is 5.81. The first kappa shape index (κ1) is 16.0. The SMILES string of the molecule is Cc1cc(C)nc(C2CCN(S(=O)(=O)c3ccc(F)cc3)C2)n1. The van der Waals surface area contributed by atoms with Crippen LogP contribution in [-0.4, -0.2) is 35.8 Å². The Hall–Kier alpha value is -1.86. The molecule has 1 atom stereocenters. The summed E-state index contributed by atoms with van der Waals surface area (Å²) in [5.41, 5.74) is 1.76. The number of nitrogens with zero attached hydrogens (tertiary/aromatic N) is 3. The maximum Gasteiger partial charge on any atom is 0.243 e. The second kappa shape index (κ2) is 5.98. The largest absolute Gasteiger partial charge is 0.243 e. The van der Waals surface area contributed by atoms with Crippen LogP contribution in [0.15, 0.2) is 35.2 Å². The van der Waals surface area contributed by atoms with Crippen molar-refractivity contribution < 1.29 is 12.8 Å². The fraction of sp³-hybridized carbons (Fsp3) is 0.375. The molecule has 0 saturated carbocycles. The van der Waals surface area contributed by atoms with Gasteiger partial charge in [0.2, 0.25) is 10.0 Å². The van der Waals surface area contributed by atoms with Crippen LogP contribution in [0.25, 0.3) is 0 Å². The smallest absolute Gasteiger partial charge is 0.238 e. The first-order valence-electron chi connectivity index (χ1n) is 7.44. The minimum Gasteiger partial charge on any atom is -0.238 e. The van der Waals surface area contributed by atoms with Gasteiger partial charge in [0, 0.05) is 30.4 Å². The molecule has 3 rings (SSSR count). The molecule has 1 aromatic carbocycles. The molecule has 0 aliphatic carbocycles. The first-order valence-corrected chi connectivity index (χ1v) is 8.88. The summed E-state index contributed by atoms with van der Waals surface area (Å²) >= 11 is 0. The van der Waals surface area contributed by atoms with E-state index in [9.17, 15) is 12.8 Å². The zero-order valence-corrected chi connectivity index (χ0v) is 13.8. The van der Waals surface area contributed by atoms with Crippen molar-refractivity contribution in [2.24, 2.45) is 0 Å². The van der Waals surface area contributed by atoms with E-state index in [0.29, 0.717) is 25.3 Å². The number of aryl methyl sites for hydroxylation is 2. The monoisotopic (exact) mass is 335 g/mol. The standard InChI is InChI=1S/C16H18FN3O2S/c1-11-9-12(2)19-16(18-11)13-7-8-20(10-13)23(21,22)15-5-3-14(17)4-6-15/h3-6,9,13H,7-8,10H2,1-2H3. The molecule has 0 bridgehead atoms. The molecule has 1 saturated heterocycles. The molecule has 122 valence electrons. The molecule has 5 nitrogen and oxygen atoms in total. The third kappa shape index (κ3) is 3.25. The summed E-state index contributed by atoms with van der Waals surface area (Å²) in [5, 5.41) is 0. The molecule has 2 aromatic rings. The van der Waals surface area contributed by atoms with Gasteiger partial charge in [-0.25, -0.2) is 22.8 Å². The van der Waals surface area contributed by atoms with Gasteiger partial charge in [0.1, 0.15) is 11.6 Å². The fourth-order valence-electron chi connectivity index (χ4n) is 2.85. The van der Waals surface area contributed by atoms with Gasteiger partial charge in [-0.3, -0.25) is 0 Å². The summed E-state index contributed by atoms with van der Waals surface area (Å²) in [6, 6.07) is 6.81. The predicted molar refractivity (Wildman–Crippen MR) is 84.0 cm³/mol. The highest BCUT2D eigenvalue weighted by Gasteiger charge is 2.34. The van der Waals surface area contributed by atoms with Crippen LogP contribution < -0.4 is 0 Å². The molecule has 1 unspecified atom stereocenters. The molecule has 0 N–H and O–H groups in total. The van der Waals surface area contributed by atoms with E-state index in [1.165, 1.54) is 16.4 Å². The van der Waals surface area contributed by atoms with Crippen LogP contribution in [0.4, 0.5) is 4.39 Å². The van der Waals surface area contributed by atoms with Gasteiger partial charge in [0.05, 0.1) is 4.90 Å². The topological polar surface area (TPSA) is 63.2 Å². The fourth-order valence-corrected chi connectivity index (χ4v) is 4.35. The highest BCUT2D eigenvalue weighted by molar-refractivity contribution is 7.89. The molecular formula is C16H18FN3O2S. The Morgan fingerprint density at radius 1 is 1.13 bits per heavy atom. The summed E-state index contributed by atoms with van der Waals surface area (Å²) in [6.45, 7) is 4.57. The third-order valence-electron chi connectivity index (χ3n) is 3.97. The average molecular weight is 335 g/mol. The highest BCUT2D eigenvalue weighted by Crippen LogP contribution is 2.29. The Morgan fingerprint density at radius 2 is 1.74 bits per heavy atom. The van der Waals surface area contributed by atoms with Crippen molar-refractivity contribution in [2.75, 3.05) is 13.1 Å². The number of hydrogen-bond donors (Lipinski definition) is 0. The van der Waals surface area contributed by atoms with Gasteiger partial charge < -0.3 is 0 Å². The Bertz CT molecular complexity index is 801. The van der Waals surface area contributed by atoms with Crippen molar-refractivity contribution in [3.05, 3.63) is 53.4 Å². The Morgan fingerprint density at radius 3 is 2.35 bits per heavy atom. The second-order valence-corrected chi connectivity index (χ2v) is 7.75. The van der Waals surface area contributed by atoms with Crippen LogP contribution >= 0.6 is 0 Å². The Kier molecular flexibility index (Phi) is 4.16. The summed E-state index contributed by atoms with van der Waals surface area (Å²) < 4.78 is 39.6. The lowest BCUT2D eigenvalue weighted by atomic mass is 10.1. The molecular weight excluding hydrogens is 317 g/mol. The zero-order valence-electron chi connectivity index (χ0n) is 13.0. The van der Waals surface area contributed by atoms with Crippen LogP contribution in [-0.2, 0) is 10.0 Å². The van der Waals surface area contributed by atoms with E-state index in [2.05, 4.69) is 9.97 Å². The van der Waals surface area contributed by atoms with Crippen molar-refractivity contribution in [3.63, 3.8) is 0 Å². The average Bonchev–Trinajstić information content (AvgIpc) is 2.97. The van der Waals surface area contributed by atoms with Crippen molar-refractivity contribution in [1.29, 1.82) is 0 Å². The van der Waals surface area contributed by atoms with Gasteiger partial charge in [-0.05, 0) is 50.6 Å². The van der Waals surface area contributed by atoms with Crippen LogP contribution in [0.5, 0.6) is 0 Å². The Balaban J connectivity index is 1.82. The molecule has 7 heteroatoms. The number of halogens is 1. The molecule has 0 radical (unpaired) electrons. The molecule has 1 fully saturated rings. The zero-order chi connectivity index (χ0) is 16.6. The van der Waals surface area contributed by atoms with Gasteiger partial charge >= 0.3 is 0 Å². The number of benzene rings is 1. The molecule has 0 amide bonds. The van der Waals surface area contributed by atoms with Gasteiger partial charge in [0.25, 0.3) is 0 Å². The Labute approximate surface area is 135 Å². The summed E-state index contributed by atoms with van der Waals surface area (Å²) in [5.74, 6) is 0.231. The van der Waals surface area contributed by atoms with Crippen LogP contribution in [0.2, 0.25) is 0 Å². The van der Waals surface area contributed by atoms with E-state index in [4.69, 9.17) is 0 Å². The molecule has 23 heavy (non-hydrogen) atoms. The van der Waals surface area contributed by atoms with Gasteiger partial charge in [-0.2, -0.15) is 4.31 Å². The highest BCUT2D eigenvalue weighted by atomic mass is 32.2. The number of aromatic nitrogens is 2. The quantitative estimate of drug-likeness (QED) is 0.864. The van der Waals surface area contributed by atoms with Crippen molar-refractivity contribution >= 4 is 10.0 Å². The molecule has 1 aromatic heterocycles. The van der Waals surface area contributed by atoms with Gasteiger partial charge in [-0.15, -0.1) is 0 Å². The summed E-state index contributed by atoms with van der Waals surface area (Å²) in [6.07, 6.45) is 0.684. The minimum atomic E-state index is -3.61. The molecule has 1 aliphatic rings. The summed E-state index contributed by atoms with van der Waals surface area (Å²) in [7, 11) is -3.61. The lowest BCUT2D eigenvalue weighted by Gasteiger charge is -2.16.